The Morgan fingerprint density at radius 3 is 2.40 bits per heavy atom. The lowest BCUT2D eigenvalue weighted by molar-refractivity contribution is -0.123. The molecule has 2 rings (SSSR count). The van der Waals surface area contributed by atoms with Crippen molar-refractivity contribution in [1.82, 2.24) is 0 Å². The minimum atomic E-state index is -1.00. The first-order chi connectivity index (χ1) is 11.8. The molecule has 0 fully saturated rings. The number of anilines is 1. The molecule has 0 aromatic heterocycles. The van der Waals surface area contributed by atoms with E-state index >= 15 is 0 Å². The number of para-hydroxylation sites is 1. The van der Waals surface area contributed by atoms with Crippen molar-refractivity contribution in [3.63, 3.8) is 0 Å². The van der Waals surface area contributed by atoms with Gasteiger partial charge in [0.2, 0.25) is 0 Å². The van der Waals surface area contributed by atoms with Gasteiger partial charge in [0.05, 0.1) is 5.56 Å². The van der Waals surface area contributed by atoms with Crippen molar-refractivity contribution in [1.29, 1.82) is 0 Å². The SMILES string of the molecule is Cc1ccc(C(=O)O[C@@H](C)C(=O)Nc2ccccc2C(C)C)cc1F. The number of hydrogen-bond acceptors (Lipinski definition) is 3. The molecular weight excluding hydrogens is 321 g/mol. The summed E-state index contributed by atoms with van der Waals surface area (Å²) in [6, 6.07) is 11.5. The van der Waals surface area contributed by atoms with Crippen LogP contribution in [0.4, 0.5) is 10.1 Å². The molecule has 0 aliphatic rings. The number of hydrogen-bond donors (Lipinski definition) is 1. The highest BCUT2D eigenvalue weighted by Crippen LogP contribution is 2.24. The zero-order valence-electron chi connectivity index (χ0n) is 14.8. The first kappa shape index (κ1) is 18.6. The van der Waals surface area contributed by atoms with Crippen molar-refractivity contribution in [2.45, 2.75) is 39.7 Å². The van der Waals surface area contributed by atoms with Crippen LogP contribution in [0.5, 0.6) is 0 Å². The number of carbonyl (C=O) groups is 2. The third-order valence-electron chi connectivity index (χ3n) is 3.90. The summed E-state index contributed by atoms with van der Waals surface area (Å²) < 4.78 is 18.7. The van der Waals surface area contributed by atoms with Gasteiger partial charge in [0.25, 0.3) is 5.91 Å². The summed E-state index contributed by atoms with van der Waals surface area (Å²) in [4.78, 5) is 24.4. The second-order valence-electron chi connectivity index (χ2n) is 6.24. The van der Waals surface area contributed by atoms with Crippen molar-refractivity contribution in [2.75, 3.05) is 5.32 Å². The smallest absolute Gasteiger partial charge is 0.339 e. The Morgan fingerprint density at radius 2 is 1.76 bits per heavy atom. The van der Waals surface area contributed by atoms with E-state index in [1.54, 1.807) is 13.0 Å². The normalized spacial score (nSPS) is 11.9. The van der Waals surface area contributed by atoms with Crippen LogP contribution in [0.15, 0.2) is 42.5 Å². The maximum Gasteiger partial charge on any atom is 0.339 e. The van der Waals surface area contributed by atoms with E-state index < -0.39 is 23.8 Å². The maximum absolute atomic E-state index is 13.6. The molecule has 2 aromatic carbocycles. The predicted molar refractivity (Wildman–Crippen MR) is 95.2 cm³/mol. The van der Waals surface area contributed by atoms with Crippen LogP contribution in [0.3, 0.4) is 0 Å². The molecule has 0 aliphatic heterocycles. The Kier molecular flexibility index (Phi) is 5.91. The van der Waals surface area contributed by atoms with Crippen LogP contribution in [0.2, 0.25) is 0 Å². The summed E-state index contributed by atoms with van der Waals surface area (Å²) >= 11 is 0. The van der Waals surface area contributed by atoms with E-state index in [4.69, 9.17) is 4.74 Å². The van der Waals surface area contributed by atoms with Crippen LogP contribution in [-0.4, -0.2) is 18.0 Å². The minimum absolute atomic E-state index is 0.0744. The maximum atomic E-state index is 13.6. The molecule has 25 heavy (non-hydrogen) atoms. The second kappa shape index (κ2) is 7.92. The van der Waals surface area contributed by atoms with E-state index in [0.29, 0.717) is 11.3 Å². The van der Waals surface area contributed by atoms with Crippen LogP contribution in [0, 0.1) is 12.7 Å². The van der Waals surface area contributed by atoms with Crippen molar-refractivity contribution in [3.8, 4) is 0 Å². The summed E-state index contributed by atoms with van der Waals surface area (Å²) in [5.74, 6) is -1.42. The summed E-state index contributed by atoms with van der Waals surface area (Å²) in [5.41, 5.74) is 2.19. The molecule has 1 atom stereocenters. The summed E-state index contributed by atoms with van der Waals surface area (Å²) in [6.07, 6.45) is -1.00. The standard InChI is InChI=1S/C20H22FNO3/c1-12(2)16-7-5-6-8-18(16)22-19(23)14(4)25-20(24)15-10-9-13(3)17(21)11-15/h5-12,14H,1-4H3,(H,22,23)/t14-/m0/s1. The fourth-order valence-corrected chi connectivity index (χ4v) is 2.35. The largest absolute Gasteiger partial charge is 0.449 e. The highest BCUT2D eigenvalue weighted by Gasteiger charge is 2.20. The zero-order valence-corrected chi connectivity index (χ0v) is 14.8. The number of nitrogens with one attached hydrogen (secondary N) is 1. The van der Waals surface area contributed by atoms with Gasteiger partial charge in [-0.2, -0.15) is 0 Å². The molecule has 0 saturated heterocycles. The highest BCUT2D eigenvalue weighted by atomic mass is 19.1. The van der Waals surface area contributed by atoms with Crippen LogP contribution in [0.1, 0.15) is 48.2 Å². The monoisotopic (exact) mass is 343 g/mol. The molecule has 0 unspecified atom stereocenters. The topological polar surface area (TPSA) is 55.4 Å². The quantitative estimate of drug-likeness (QED) is 0.817. The van der Waals surface area contributed by atoms with Gasteiger partial charge in [0.1, 0.15) is 5.82 Å². The van der Waals surface area contributed by atoms with E-state index in [1.807, 2.05) is 32.0 Å². The molecule has 0 bridgehead atoms. The molecule has 1 amide bonds. The lowest BCUT2D eigenvalue weighted by atomic mass is 10.0. The van der Waals surface area contributed by atoms with Gasteiger partial charge in [-0.25, -0.2) is 9.18 Å². The minimum Gasteiger partial charge on any atom is -0.449 e. The van der Waals surface area contributed by atoms with Crippen molar-refractivity contribution in [3.05, 3.63) is 65.0 Å². The number of rotatable bonds is 5. The average Bonchev–Trinajstić information content (AvgIpc) is 2.57. The Bertz CT molecular complexity index is 786. The lowest BCUT2D eigenvalue weighted by Gasteiger charge is -2.17. The molecule has 0 heterocycles. The number of esters is 1. The van der Waals surface area contributed by atoms with Crippen LogP contribution in [0.25, 0.3) is 0 Å². The van der Waals surface area contributed by atoms with Gasteiger partial charge in [0.15, 0.2) is 6.10 Å². The van der Waals surface area contributed by atoms with Gasteiger partial charge in [0, 0.05) is 5.69 Å². The number of halogens is 1. The van der Waals surface area contributed by atoms with Gasteiger partial charge in [-0.15, -0.1) is 0 Å². The van der Waals surface area contributed by atoms with Gasteiger partial charge < -0.3 is 10.1 Å². The van der Waals surface area contributed by atoms with Gasteiger partial charge in [-0.1, -0.05) is 38.1 Å². The number of ether oxygens (including phenoxy) is 1. The molecular formula is C20H22FNO3. The molecule has 1 N–H and O–H groups in total. The van der Waals surface area contributed by atoms with Gasteiger partial charge in [-0.3, -0.25) is 4.79 Å². The summed E-state index contributed by atoms with van der Waals surface area (Å²) in [6.45, 7) is 7.14. The molecule has 0 spiro atoms. The molecule has 2 aromatic rings. The van der Waals surface area contributed by atoms with Crippen molar-refractivity contribution in [2.24, 2.45) is 0 Å². The van der Waals surface area contributed by atoms with E-state index in [9.17, 15) is 14.0 Å². The Balaban J connectivity index is 2.05. The van der Waals surface area contributed by atoms with E-state index in [0.717, 1.165) is 11.6 Å². The first-order valence-corrected chi connectivity index (χ1v) is 8.16. The Labute approximate surface area is 147 Å². The lowest BCUT2D eigenvalue weighted by Crippen LogP contribution is -2.30. The number of carbonyl (C=O) groups excluding carboxylic acids is 2. The van der Waals surface area contributed by atoms with E-state index in [-0.39, 0.29) is 11.5 Å². The number of amides is 1. The Morgan fingerprint density at radius 1 is 1.08 bits per heavy atom. The van der Waals surface area contributed by atoms with Gasteiger partial charge in [-0.05, 0) is 49.1 Å². The number of benzene rings is 2. The molecule has 132 valence electrons. The molecule has 5 heteroatoms. The van der Waals surface area contributed by atoms with Crippen LogP contribution in [-0.2, 0) is 9.53 Å². The van der Waals surface area contributed by atoms with Crippen LogP contribution < -0.4 is 5.32 Å². The third-order valence-corrected chi connectivity index (χ3v) is 3.90. The third kappa shape index (κ3) is 4.66. The zero-order chi connectivity index (χ0) is 18.6. The fraction of sp³-hybridized carbons (Fsp3) is 0.300. The first-order valence-electron chi connectivity index (χ1n) is 8.16. The van der Waals surface area contributed by atoms with E-state index in [1.165, 1.54) is 19.1 Å². The Hall–Kier alpha value is -2.69. The average molecular weight is 343 g/mol. The molecule has 0 saturated carbocycles. The summed E-state index contributed by atoms with van der Waals surface area (Å²) in [5, 5.41) is 2.78. The van der Waals surface area contributed by atoms with Crippen molar-refractivity contribution < 1.29 is 18.7 Å². The molecule has 0 aliphatic carbocycles. The van der Waals surface area contributed by atoms with E-state index in [2.05, 4.69) is 5.32 Å². The predicted octanol–water partition coefficient (Wildman–Crippen LogP) is 4.44. The second-order valence-corrected chi connectivity index (χ2v) is 6.24. The van der Waals surface area contributed by atoms with Gasteiger partial charge >= 0.3 is 5.97 Å². The van der Waals surface area contributed by atoms with Crippen LogP contribution >= 0.6 is 0 Å². The molecule has 4 nitrogen and oxygen atoms in total. The highest BCUT2D eigenvalue weighted by molar-refractivity contribution is 5.97. The summed E-state index contributed by atoms with van der Waals surface area (Å²) in [7, 11) is 0. The van der Waals surface area contributed by atoms with Crippen molar-refractivity contribution >= 4 is 17.6 Å². The molecule has 0 radical (unpaired) electrons. The fourth-order valence-electron chi connectivity index (χ4n) is 2.35. The number of aryl methyl sites for hydroxylation is 1.